The van der Waals surface area contributed by atoms with Gasteiger partial charge in [-0.2, -0.15) is 15.1 Å². The minimum Gasteiger partial charge on any atom is -0.368 e. The van der Waals surface area contributed by atoms with Crippen LogP contribution in [0.2, 0.25) is 0 Å². The molecule has 0 atom stereocenters. The van der Waals surface area contributed by atoms with Crippen molar-refractivity contribution in [3.05, 3.63) is 23.3 Å². The third-order valence-corrected chi connectivity index (χ3v) is 2.56. The van der Waals surface area contributed by atoms with Crippen LogP contribution in [0.15, 0.2) is 6.33 Å². The zero-order chi connectivity index (χ0) is 11.7. The maximum absolute atomic E-state index is 5.52. The van der Waals surface area contributed by atoms with Crippen molar-refractivity contribution in [2.24, 2.45) is 0 Å². The molecular formula is C10H14N6. The molecule has 0 aliphatic carbocycles. The second-order valence-electron chi connectivity index (χ2n) is 3.56. The molecule has 2 heterocycles. The van der Waals surface area contributed by atoms with Crippen LogP contribution in [0.1, 0.15) is 23.9 Å². The van der Waals surface area contributed by atoms with Gasteiger partial charge >= 0.3 is 0 Å². The topological polar surface area (TPSA) is 82.5 Å². The first-order valence-corrected chi connectivity index (χ1v) is 5.13. The largest absolute Gasteiger partial charge is 0.368 e. The Hall–Kier alpha value is -1.98. The van der Waals surface area contributed by atoms with Gasteiger partial charge in [-0.3, -0.25) is 0 Å². The summed E-state index contributed by atoms with van der Waals surface area (Å²) in [5.74, 6) is 0.670. The van der Waals surface area contributed by atoms with E-state index in [1.54, 1.807) is 4.68 Å². The molecule has 0 amide bonds. The summed E-state index contributed by atoms with van der Waals surface area (Å²) >= 11 is 0. The number of rotatable bonds is 2. The summed E-state index contributed by atoms with van der Waals surface area (Å²) < 4.78 is 1.70. The first kappa shape index (κ1) is 10.5. The summed E-state index contributed by atoms with van der Waals surface area (Å²) in [6, 6.07) is 0. The predicted octanol–water partition coefficient (Wildman–Crippen LogP) is 0.819. The van der Waals surface area contributed by atoms with Gasteiger partial charge in [0.15, 0.2) is 0 Å². The van der Waals surface area contributed by atoms with E-state index in [0.29, 0.717) is 5.95 Å². The van der Waals surface area contributed by atoms with E-state index in [9.17, 15) is 0 Å². The van der Waals surface area contributed by atoms with E-state index in [1.807, 2.05) is 13.8 Å². The number of anilines is 1. The van der Waals surface area contributed by atoms with Crippen molar-refractivity contribution in [2.75, 3.05) is 5.73 Å². The summed E-state index contributed by atoms with van der Waals surface area (Å²) in [5, 5.41) is 4.40. The van der Waals surface area contributed by atoms with Crippen LogP contribution in [-0.4, -0.2) is 24.7 Å². The van der Waals surface area contributed by atoms with Gasteiger partial charge in [0, 0.05) is 5.69 Å². The molecule has 6 heteroatoms. The van der Waals surface area contributed by atoms with Gasteiger partial charge in [-0.05, 0) is 25.8 Å². The molecule has 0 bridgehead atoms. The highest BCUT2D eigenvalue weighted by molar-refractivity contribution is 5.30. The van der Waals surface area contributed by atoms with Crippen molar-refractivity contribution in [2.45, 2.75) is 27.2 Å². The number of aryl methyl sites for hydroxylation is 1. The van der Waals surface area contributed by atoms with Gasteiger partial charge in [0.2, 0.25) is 5.95 Å². The van der Waals surface area contributed by atoms with Gasteiger partial charge < -0.3 is 5.73 Å². The quantitative estimate of drug-likeness (QED) is 0.806. The van der Waals surface area contributed by atoms with Gasteiger partial charge in [-0.1, -0.05) is 6.92 Å². The van der Waals surface area contributed by atoms with Gasteiger partial charge in [-0.25, -0.2) is 9.67 Å². The predicted molar refractivity (Wildman–Crippen MR) is 60.2 cm³/mol. The number of hydrogen-bond donors (Lipinski definition) is 1. The minimum absolute atomic E-state index is 0.204. The minimum atomic E-state index is 0.204. The molecule has 2 rings (SSSR count). The van der Waals surface area contributed by atoms with Gasteiger partial charge in [0.1, 0.15) is 6.33 Å². The molecule has 2 N–H and O–H groups in total. The second-order valence-corrected chi connectivity index (χ2v) is 3.56. The van der Waals surface area contributed by atoms with Crippen molar-refractivity contribution in [3.63, 3.8) is 0 Å². The van der Waals surface area contributed by atoms with Crippen LogP contribution in [0.5, 0.6) is 0 Å². The molecule has 0 unspecified atom stereocenters. The average Bonchev–Trinajstić information content (AvgIpc) is 2.54. The maximum atomic E-state index is 5.52. The van der Waals surface area contributed by atoms with E-state index in [4.69, 9.17) is 5.73 Å². The summed E-state index contributed by atoms with van der Waals surface area (Å²) in [4.78, 5) is 11.9. The molecule has 0 aromatic carbocycles. The van der Waals surface area contributed by atoms with Gasteiger partial charge in [0.25, 0.3) is 5.95 Å². The summed E-state index contributed by atoms with van der Waals surface area (Å²) in [6.45, 7) is 6.08. The van der Waals surface area contributed by atoms with E-state index < -0.39 is 0 Å². The normalized spacial score (nSPS) is 10.7. The molecule has 2 aromatic rings. The van der Waals surface area contributed by atoms with Crippen LogP contribution in [0.3, 0.4) is 0 Å². The van der Waals surface area contributed by atoms with Crippen LogP contribution < -0.4 is 5.73 Å². The second kappa shape index (κ2) is 3.88. The zero-order valence-corrected chi connectivity index (χ0v) is 9.60. The van der Waals surface area contributed by atoms with Crippen LogP contribution >= 0.6 is 0 Å². The van der Waals surface area contributed by atoms with E-state index >= 15 is 0 Å². The first-order valence-electron chi connectivity index (χ1n) is 5.13. The summed E-state index contributed by atoms with van der Waals surface area (Å²) in [7, 11) is 0. The highest BCUT2D eigenvalue weighted by Crippen LogP contribution is 2.15. The molecule has 84 valence electrons. The summed E-state index contributed by atoms with van der Waals surface area (Å²) in [5.41, 5.74) is 8.79. The number of nitrogens with zero attached hydrogens (tertiary/aromatic N) is 5. The van der Waals surface area contributed by atoms with Gasteiger partial charge in [0.05, 0.1) is 5.69 Å². The molecule has 0 saturated carbocycles. The SMILES string of the molecule is CCc1c(C)nn(-c2ncnc(N)n2)c1C. The molecule has 0 aliphatic rings. The van der Waals surface area contributed by atoms with Crippen LogP contribution in [0, 0.1) is 13.8 Å². The highest BCUT2D eigenvalue weighted by Gasteiger charge is 2.12. The Morgan fingerprint density at radius 3 is 2.62 bits per heavy atom. The molecule has 16 heavy (non-hydrogen) atoms. The van der Waals surface area contributed by atoms with Crippen LogP contribution in [0.25, 0.3) is 5.95 Å². The number of hydrogen-bond acceptors (Lipinski definition) is 5. The Kier molecular flexibility index (Phi) is 2.55. The van der Waals surface area contributed by atoms with E-state index in [-0.39, 0.29) is 5.95 Å². The van der Waals surface area contributed by atoms with Crippen molar-refractivity contribution in [3.8, 4) is 5.95 Å². The molecule has 0 aliphatic heterocycles. The maximum Gasteiger partial charge on any atom is 0.255 e. The highest BCUT2D eigenvalue weighted by atomic mass is 15.4. The lowest BCUT2D eigenvalue weighted by molar-refractivity contribution is 0.766. The van der Waals surface area contributed by atoms with Crippen LogP contribution in [0.4, 0.5) is 5.95 Å². The molecule has 6 nitrogen and oxygen atoms in total. The van der Waals surface area contributed by atoms with Gasteiger partial charge in [-0.15, -0.1) is 0 Å². The molecular weight excluding hydrogens is 204 g/mol. The fraction of sp³-hybridized carbons (Fsp3) is 0.400. The Balaban J connectivity index is 2.56. The lowest BCUT2D eigenvalue weighted by Gasteiger charge is -2.02. The Morgan fingerprint density at radius 2 is 2.06 bits per heavy atom. The molecule has 0 saturated heterocycles. The van der Waals surface area contributed by atoms with E-state index in [2.05, 4.69) is 27.0 Å². The number of nitrogens with two attached hydrogens (primary N) is 1. The first-order chi connectivity index (χ1) is 7.63. The van der Waals surface area contributed by atoms with Crippen molar-refractivity contribution in [1.29, 1.82) is 0 Å². The lowest BCUT2D eigenvalue weighted by Crippen LogP contribution is -2.08. The molecule has 2 aromatic heterocycles. The fourth-order valence-corrected chi connectivity index (χ4v) is 1.78. The average molecular weight is 218 g/mol. The van der Waals surface area contributed by atoms with E-state index in [0.717, 1.165) is 17.8 Å². The standard InChI is InChI=1S/C10H14N6/c1-4-8-6(2)15-16(7(8)3)10-13-5-12-9(11)14-10/h5H,4H2,1-3H3,(H2,11,12,13,14). The molecule has 0 radical (unpaired) electrons. The van der Waals surface area contributed by atoms with Crippen molar-refractivity contribution in [1.82, 2.24) is 24.7 Å². The van der Waals surface area contributed by atoms with E-state index in [1.165, 1.54) is 11.9 Å². The Labute approximate surface area is 93.6 Å². The fourth-order valence-electron chi connectivity index (χ4n) is 1.78. The third kappa shape index (κ3) is 1.62. The smallest absolute Gasteiger partial charge is 0.255 e. The molecule has 0 spiro atoms. The van der Waals surface area contributed by atoms with Crippen LogP contribution in [-0.2, 0) is 6.42 Å². The third-order valence-electron chi connectivity index (χ3n) is 2.56. The lowest BCUT2D eigenvalue weighted by atomic mass is 10.1. The Bertz CT molecular complexity index is 516. The Morgan fingerprint density at radius 1 is 1.31 bits per heavy atom. The number of aromatic nitrogens is 5. The van der Waals surface area contributed by atoms with Crippen molar-refractivity contribution < 1.29 is 0 Å². The molecule has 0 fully saturated rings. The zero-order valence-electron chi connectivity index (χ0n) is 9.60. The monoisotopic (exact) mass is 218 g/mol. The number of nitrogen functional groups attached to an aromatic ring is 1. The summed E-state index contributed by atoms with van der Waals surface area (Å²) in [6.07, 6.45) is 2.33. The van der Waals surface area contributed by atoms with Crippen molar-refractivity contribution >= 4 is 5.95 Å².